The SMILES string of the molecule is CCCNC(=O)c1cc(NC(=O)Nc2ccc(C)cc2)ccc1N(C)C. The summed E-state index contributed by atoms with van der Waals surface area (Å²) in [5, 5.41) is 8.43. The molecule has 2 aromatic carbocycles. The number of hydrogen-bond donors (Lipinski definition) is 3. The number of nitrogens with one attached hydrogen (secondary N) is 3. The monoisotopic (exact) mass is 354 g/mol. The first-order chi connectivity index (χ1) is 12.4. The summed E-state index contributed by atoms with van der Waals surface area (Å²) in [4.78, 5) is 26.5. The molecule has 26 heavy (non-hydrogen) atoms. The first-order valence-corrected chi connectivity index (χ1v) is 8.65. The molecule has 6 nitrogen and oxygen atoms in total. The maximum Gasteiger partial charge on any atom is 0.323 e. The molecule has 138 valence electrons. The standard InChI is InChI=1S/C20H26N4O2/c1-5-12-21-19(25)17-13-16(10-11-18(17)24(3)4)23-20(26)22-15-8-6-14(2)7-9-15/h6-11,13H,5,12H2,1-4H3,(H,21,25)(H2,22,23,26). The fourth-order valence-corrected chi connectivity index (χ4v) is 2.45. The predicted octanol–water partition coefficient (Wildman–Crippen LogP) is 3.84. The van der Waals surface area contributed by atoms with E-state index in [4.69, 9.17) is 0 Å². The highest BCUT2D eigenvalue weighted by Crippen LogP contribution is 2.23. The molecule has 0 saturated carbocycles. The van der Waals surface area contributed by atoms with Crippen molar-refractivity contribution in [1.82, 2.24) is 5.32 Å². The zero-order valence-electron chi connectivity index (χ0n) is 15.7. The van der Waals surface area contributed by atoms with E-state index in [0.717, 1.165) is 17.7 Å². The Kier molecular flexibility index (Phi) is 6.60. The van der Waals surface area contributed by atoms with Gasteiger partial charge in [0.25, 0.3) is 5.91 Å². The highest BCUT2D eigenvalue weighted by atomic mass is 16.2. The fraction of sp³-hybridized carbons (Fsp3) is 0.300. The molecule has 0 atom stereocenters. The molecule has 0 aliphatic heterocycles. The maximum atomic E-state index is 12.4. The minimum Gasteiger partial charge on any atom is -0.377 e. The van der Waals surface area contributed by atoms with Gasteiger partial charge in [0, 0.05) is 37.7 Å². The van der Waals surface area contributed by atoms with E-state index in [-0.39, 0.29) is 11.9 Å². The van der Waals surface area contributed by atoms with Crippen LogP contribution in [0.4, 0.5) is 21.9 Å². The molecule has 0 aromatic heterocycles. The van der Waals surface area contributed by atoms with Crippen LogP contribution in [0, 0.1) is 6.92 Å². The lowest BCUT2D eigenvalue weighted by molar-refractivity contribution is 0.0954. The molecule has 0 heterocycles. The van der Waals surface area contributed by atoms with Crippen molar-refractivity contribution in [3.8, 4) is 0 Å². The summed E-state index contributed by atoms with van der Waals surface area (Å²) >= 11 is 0. The summed E-state index contributed by atoms with van der Waals surface area (Å²) in [5.41, 5.74) is 3.71. The lowest BCUT2D eigenvalue weighted by Crippen LogP contribution is -2.27. The molecular formula is C20H26N4O2. The minimum atomic E-state index is -0.355. The van der Waals surface area contributed by atoms with Crippen molar-refractivity contribution in [2.75, 3.05) is 36.2 Å². The quantitative estimate of drug-likeness (QED) is 0.738. The number of aryl methyl sites for hydroxylation is 1. The largest absolute Gasteiger partial charge is 0.377 e. The second-order valence-corrected chi connectivity index (χ2v) is 6.33. The lowest BCUT2D eigenvalue weighted by Gasteiger charge is -2.18. The molecule has 0 bridgehead atoms. The van der Waals surface area contributed by atoms with E-state index >= 15 is 0 Å². The minimum absolute atomic E-state index is 0.154. The van der Waals surface area contributed by atoms with Crippen LogP contribution in [-0.4, -0.2) is 32.6 Å². The molecule has 6 heteroatoms. The smallest absolute Gasteiger partial charge is 0.323 e. The number of urea groups is 1. The Bertz CT molecular complexity index is 770. The van der Waals surface area contributed by atoms with Crippen molar-refractivity contribution in [1.29, 1.82) is 0 Å². The van der Waals surface area contributed by atoms with E-state index in [1.807, 2.05) is 63.2 Å². The average Bonchev–Trinajstić information content (AvgIpc) is 2.61. The van der Waals surface area contributed by atoms with Crippen molar-refractivity contribution in [2.45, 2.75) is 20.3 Å². The van der Waals surface area contributed by atoms with Crippen LogP contribution < -0.4 is 20.9 Å². The van der Waals surface area contributed by atoms with Crippen LogP contribution >= 0.6 is 0 Å². The summed E-state index contributed by atoms with van der Waals surface area (Å²) in [7, 11) is 3.76. The second kappa shape index (κ2) is 8.89. The number of nitrogens with zero attached hydrogens (tertiary/aromatic N) is 1. The molecule has 3 N–H and O–H groups in total. The Morgan fingerprint density at radius 3 is 2.19 bits per heavy atom. The van der Waals surface area contributed by atoms with Gasteiger partial charge in [-0.25, -0.2) is 4.79 Å². The Labute approximate surface area is 154 Å². The molecule has 2 aromatic rings. The van der Waals surface area contributed by atoms with Gasteiger partial charge in [0.05, 0.1) is 5.56 Å². The Hall–Kier alpha value is -3.02. The molecular weight excluding hydrogens is 328 g/mol. The fourth-order valence-electron chi connectivity index (χ4n) is 2.45. The Morgan fingerprint density at radius 1 is 0.962 bits per heavy atom. The molecule has 2 rings (SSSR count). The van der Waals surface area contributed by atoms with Crippen molar-refractivity contribution >= 4 is 29.0 Å². The molecule has 0 aliphatic rings. The zero-order chi connectivity index (χ0) is 19.1. The third-order valence-electron chi connectivity index (χ3n) is 3.83. The summed E-state index contributed by atoms with van der Waals surface area (Å²) in [6, 6.07) is 12.5. The molecule has 0 aliphatic carbocycles. The molecule has 0 spiro atoms. The Balaban J connectivity index is 2.14. The normalized spacial score (nSPS) is 10.2. The first kappa shape index (κ1) is 19.3. The van der Waals surface area contributed by atoms with Crippen LogP contribution in [0.1, 0.15) is 29.3 Å². The van der Waals surface area contributed by atoms with Gasteiger partial charge in [0.1, 0.15) is 0 Å². The number of anilines is 3. The Morgan fingerprint density at radius 2 is 1.58 bits per heavy atom. The van der Waals surface area contributed by atoms with E-state index < -0.39 is 0 Å². The van der Waals surface area contributed by atoms with Crippen LogP contribution in [0.15, 0.2) is 42.5 Å². The highest BCUT2D eigenvalue weighted by Gasteiger charge is 2.14. The van der Waals surface area contributed by atoms with E-state index in [1.165, 1.54) is 0 Å². The number of hydrogen-bond acceptors (Lipinski definition) is 3. The van der Waals surface area contributed by atoms with Gasteiger partial charge in [-0.05, 0) is 43.7 Å². The van der Waals surface area contributed by atoms with Crippen LogP contribution in [-0.2, 0) is 0 Å². The van der Waals surface area contributed by atoms with Gasteiger partial charge in [-0.3, -0.25) is 4.79 Å². The number of carbonyl (C=O) groups excluding carboxylic acids is 2. The van der Waals surface area contributed by atoms with Gasteiger partial charge >= 0.3 is 6.03 Å². The number of carbonyl (C=O) groups is 2. The maximum absolute atomic E-state index is 12.4. The van der Waals surface area contributed by atoms with Crippen LogP contribution in [0.3, 0.4) is 0 Å². The third-order valence-corrected chi connectivity index (χ3v) is 3.83. The van der Waals surface area contributed by atoms with Gasteiger partial charge in [0.2, 0.25) is 0 Å². The van der Waals surface area contributed by atoms with E-state index in [1.54, 1.807) is 12.1 Å². The van der Waals surface area contributed by atoms with Gasteiger partial charge in [0.15, 0.2) is 0 Å². The van der Waals surface area contributed by atoms with Gasteiger partial charge in [-0.15, -0.1) is 0 Å². The number of rotatable bonds is 6. The van der Waals surface area contributed by atoms with E-state index in [2.05, 4.69) is 16.0 Å². The topological polar surface area (TPSA) is 73.5 Å². The van der Waals surface area contributed by atoms with E-state index in [9.17, 15) is 9.59 Å². The summed E-state index contributed by atoms with van der Waals surface area (Å²) in [6.45, 7) is 4.60. The summed E-state index contributed by atoms with van der Waals surface area (Å²) in [5.74, 6) is -0.154. The lowest BCUT2D eigenvalue weighted by atomic mass is 10.1. The highest BCUT2D eigenvalue weighted by molar-refractivity contribution is 6.03. The number of benzene rings is 2. The first-order valence-electron chi connectivity index (χ1n) is 8.65. The predicted molar refractivity (Wildman–Crippen MR) is 107 cm³/mol. The summed E-state index contributed by atoms with van der Waals surface area (Å²) < 4.78 is 0. The molecule has 3 amide bonds. The van der Waals surface area contributed by atoms with Crippen molar-refractivity contribution in [3.63, 3.8) is 0 Å². The average molecular weight is 354 g/mol. The van der Waals surface area contributed by atoms with E-state index in [0.29, 0.717) is 23.5 Å². The van der Waals surface area contributed by atoms with Crippen LogP contribution in [0.25, 0.3) is 0 Å². The zero-order valence-corrected chi connectivity index (χ0v) is 15.7. The van der Waals surface area contributed by atoms with Crippen LogP contribution in [0.2, 0.25) is 0 Å². The van der Waals surface area contributed by atoms with Crippen LogP contribution in [0.5, 0.6) is 0 Å². The van der Waals surface area contributed by atoms with Crippen molar-refractivity contribution in [2.24, 2.45) is 0 Å². The third kappa shape index (κ3) is 5.24. The molecule has 0 saturated heterocycles. The van der Waals surface area contributed by atoms with Crippen molar-refractivity contribution < 1.29 is 9.59 Å². The molecule has 0 radical (unpaired) electrons. The number of amides is 3. The summed E-state index contributed by atoms with van der Waals surface area (Å²) in [6.07, 6.45) is 0.861. The van der Waals surface area contributed by atoms with Crippen molar-refractivity contribution in [3.05, 3.63) is 53.6 Å². The van der Waals surface area contributed by atoms with Gasteiger partial charge in [-0.2, -0.15) is 0 Å². The second-order valence-electron chi connectivity index (χ2n) is 6.33. The van der Waals surface area contributed by atoms with Gasteiger partial charge in [-0.1, -0.05) is 24.6 Å². The molecule has 0 fully saturated rings. The molecule has 0 unspecified atom stereocenters. The van der Waals surface area contributed by atoms with Gasteiger partial charge < -0.3 is 20.9 Å².